The van der Waals surface area contributed by atoms with Gasteiger partial charge >= 0.3 is 0 Å². The van der Waals surface area contributed by atoms with Crippen molar-refractivity contribution in [1.82, 2.24) is 5.32 Å². The molecule has 0 unspecified atom stereocenters. The molecule has 0 fully saturated rings. The van der Waals surface area contributed by atoms with E-state index in [4.69, 9.17) is 14.2 Å². The highest BCUT2D eigenvalue weighted by Gasteiger charge is 2.11. The van der Waals surface area contributed by atoms with Gasteiger partial charge in [0.05, 0.1) is 21.3 Å². The van der Waals surface area contributed by atoms with Crippen LogP contribution >= 0.6 is 0 Å². The molecule has 0 heterocycles. The fourth-order valence-electron chi connectivity index (χ4n) is 2.08. The molecule has 0 aliphatic rings. The molecule has 0 bridgehead atoms. The van der Waals surface area contributed by atoms with Crippen molar-refractivity contribution in [3.8, 4) is 17.2 Å². The molecule has 1 N–H and O–H groups in total. The number of hydrogen-bond donors (Lipinski definition) is 1. The smallest absolute Gasteiger partial charge is 0.251 e. The minimum Gasteiger partial charge on any atom is -0.494 e. The van der Waals surface area contributed by atoms with Crippen LogP contribution in [0.5, 0.6) is 17.2 Å². The maximum absolute atomic E-state index is 13.6. The van der Waals surface area contributed by atoms with Crippen molar-refractivity contribution in [2.75, 3.05) is 21.3 Å². The van der Waals surface area contributed by atoms with E-state index in [9.17, 15) is 9.18 Å². The standard InChI is InChI=1S/C17H18FNO4/c1-21-14-6-4-11(8-13(14)18)10-19-17(20)12-5-7-15(22-2)16(9-12)23-3/h4-9H,10H2,1-3H3,(H,19,20). The Kier molecular flexibility index (Phi) is 5.41. The third-order valence-electron chi connectivity index (χ3n) is 3.32. The summed E-state index contributed by atoms with van der Waals surface area (Å²) in [5.41, 5.74) is 1.06. The van der Waals surface area contributed by atoms with E-state index in [-0.39, 0.29) is 18.2 Å². The van der Waals surface area contributed by atoms with Gasteiger partial charge in [0.25, 0.3) is 5.91 Å². The van der Waals surface area contributed by atoms with Crippen LogP contribution in [0.2, 0.25) is 0 Å². The molecule has 6 heteroatoms. The summed E-state index contributed by atoms with van der Waals surface area (Å²) in [5.74, 6) is 0.421. The van der Waals surface area contributed by atoms with E-state index in [1.807, 2.05) is 0 Å². The van der Waals surface area contributed by atoms with E-state index in [1.165, 1.54) is 33.5 Å². The summed E-state index contributed by atoms with van der Waals surface area (Å²) in [7, 11) is 4.42. The Labute approximate surface area is 134 Å². The highest BCUT2D eigenvalue weighted by Crippen LogP contribution is 2.27. The third-order valence-corrected chi connectivity index (χ3v) is 3.32. The summed E-state index contributed by atoms with van der Waals surface area (Å²) in [5, 5.41) is 2.73. The van der Waals surface area contributed by atoms with Crippen LogP contribution in [-0.4, -0.2) is 27.2 Å². The molecule has 0 aliphatic heterocycles. The summed E-state index contributed by atoms with van der Waals surface area (Å²) in [4.78, 5) is 12.2. The Morgan fingerprint density at radius 2 is 1.61 bits per heavy atom. The number of amides is 1. The average molecular weight is 319 g/mol. The van der Waals surface area contributed by atoms with E-state index in [0.717, 1.165) is 0 Å². The molecule has 2 aromatic carbocycles. The molecule has 0 aromatic heterocycles. The van der Waals surface area contributed by atoms with Crippen LogP contribution in [0, 0.1) is 5.82 Å². The van der Waals surface area contributed by atoms with Crippen LogP contribution in [0.15, 0.2) is 36.4 Å². The fraction of sp³-hybridized carbons (Fsp3) is 0.235. The van der Waals surface area contributed by atoms with Gasteiger partial charge in [0, 0.05) is 12.1 Å². The summed E-state index contributed by atoms with van der Waals surface area (Å²) < 4.78 is 28.8. The first-order valence-corrected chi connectivity index (χ1v) is 6.91. The van der Waals surface area contributed by atoms with Gasteiger partial charge in [-0.25, -0.2) is 4.39 Å². The lowest BCUT2D eigenvalue weighted by Gasteiger charge is -2.10. The van der Waals surface area contributed by atoms with E-state index in [2.05, 4.69) is 5.32 Å². The molecule has 122 valence electrons. The zero-order valence-corrected chi connectivity index (χ0v) is 13.2. The summed E-state index contributed by atoms with van der Waals surface area (Å²) in [6.07, 6.45) is 0. The number of ether oxygens (including phenoxy) is 3. The van der Waals surface area contributed by atoms with Gasteiger partial charge < -0.3 is 19.5 Å². The second-order valence-electron chi connectivity index (χ2n) is 4.72. The predicted octanol–water partition coefficient (Wildman–Crippen LogP) is 2.78. The van der Waals surface area contributed by atoms with E-state index >= 15 is 0 Å². The number of rotatable bonds is 6. The molecule has 2 rings (SSSR count). The van der Waals surface area contributed by atoms with Crippen LogP contribution in [0.3, 0.4) is 0 Å². The van der Waals surface area contributed by atoms with Gasteiger partial charge in [-0.15, -0.1) is 0 Å². The molecule has 23 heavy (non-hydrogen) atoms. The number of nitrogens with one attached hydrogen (secondary N) is 1. The van der Waals surface area contributed by atoms with Crippen LogP contribution < -0.4 is 19.5 Å². The third kappa shape index (κ3) is 3.91. The Morgan fingerprint density at radius 1 is 0.957 bits per heavy atom. The van der Waals surface area contributed by atoms with Crippen molar-refractivity contribution >= 4 is 5.91 Å². The maximum Gasteiger partial charge on any atom is 0.251 e. The first-order chi connectivity index (χ1) is 11.1. The number of methoxy groups -OCH3 is 3. The lowest BCUT2D eigenvalue weighted by atomic mass is 10.1. The molecule has 0 spiro atoms. The number of carbonyl (C=O) groups is 1. The highest BCUT2D eigenvalue weighted by molar-refractivity contribution is 5.94. The van der Waals surface area contributed by atoms with Crippen molar-refractivity contribution < 1.29 is 23.4 Å². The quantitative estimate of drug-likeness (QED) is 0.889. The molecular formula is C17H18FNO4. The SMILES string of the molecule is COc1ccc(CNC(=O)c2ccc(OC)c(OC)c2)cc1F. The Bertz CT molecular complexity index is 703. The Balaban J connectivity index is 2.06. The number of halogens is 1. The minimum atomic E-state index is -0.467. The van der Waals surface area contributed by atoms with Crippen LogP contribution in [0.4, 0.5) is 4.39 Å². The largest absolute Gasteiger partial charge is 0.494 e. The van der Waals surface area contributed by atoms with Gasteiger partial charge in [-0.3, -0.25) is 4.79 Å². The second-order valence-corrected chi connectivity index (χ2v) is 4.72. The number of hydrogen-bond acceptors (Lipinski definition) is 4. The average Bonchev–Trinajstić information content (AvgIpc) is 2.59. The van der Waals surface area contributed by atoms with E-state index in [1.54, 1.807) is 24.3 Å². The molecule has 2 aromatic rings. The molecule has 0 saturated carbocycles. The molecule has 5 nitrogen and oxygen atoms in total. The fourth-order valence-corrected chi connectivity index (χ4v) is 2.08. The zero-order valence-electron chi connectivity index (χ0n) is 13.2. The second kappa shape index (κ2) is 7.49. The highest BCUT2D eigenvalue weighted by atomic mass is 19.1. The maximum atomic E-state index is 13.6. The molecular weight excluding hydrogens is 301 g/mol. The van der Waals surface area contributed by atoms with Gasteiger partial charge in [-0.1, -0.05) is 6.07 Å². The van der Waals surface area contributed by atoms with Crippen molar-refractivity contribution in [2.45, 2.75) is 6.54 Å². The lowest BCUT2D eigenvalue weighted by molar-refractivity contribution is 0.0950. The van der Waals surface area contributed by atoms with Gasteiger partial charge in [0.1, 0.15) is 0 Å². The topological polar surface area (TPSA) is 56.8 Å². The molecule has 0 radical (unpaired) electrons. The Hall–Kier alpha value is -2.76. The molecule has 0 atom stereocenters. The summed E-state index contributed by atoms with van der Waals surface area (Å²) >= 11 is 0. The Morgan fingerprint density at radius 3 is 2.22 bits per heavy atom. The van der Waals surface area contributed by atoms with Gasteiger partial charge in [-0.2, -0.15) is 0 Å². The van der Waals surface area contributed by atoms with Crippen molar-refractivity contribution in [3.05, 3.63) is 53.3 Å². The van der Waals surface area contributed by atoms with Gasteiger partial charge in [-0.05, 0) is 35.9 Å². The lowest BCUT2D eigenvalue weighted by Crippen LogP contribution is -2.22. The minimum absolute atomic E-state index is 0.167. The van der Waals surface area contributed by atoms with Crippen LogP contribution in [0.25, 0.3) is 0 Å². The van der Waals surface area contributed by atoms with E-state index in [0.29, 0.717) is 22.6 Å². The van der Waals surface area contributed by atoms with E-state index < -0.39 is 5.82 Å². The molecule has 0 saturated heterocycles. The van der Waals surface area contributed by atoms with Crippen molar-refractivity contribution in [1.29, 1.82) is 0 Å². The number of benzene rings is 2. The van der Waals surface area contributed by atoms with Gasteiger partial charge in [0.2, 0.25) is 0 Å². The van der Waals surface area contributed by atoms with Crippen LogP contribution in [0.1, 0.15) is 15.9 Å². The monoisotopic (exact) mass is 319 g/mol. The number of carbonyl (C=O) groups excluding carboxylic acids is 1. The van der Waals surface area contributed by atoms with Crippen LogP contribution in [-0.2, 0) is 6.54 Å². The van der Waals surface area contributed by atoms with Crippen molar-refractivity contribution in [2.24, 2.45) is 0 Å². The molecule has 1 amide bonds. The first-order valence-electron chi connectivity index (χ1n) is 6.91. The summed E-state index contributed by atoms with van der Waals surface area (Å²) in [6, 6.07) is 9.41. The molecule has 0 aliphatic carbocycles. The normalized spacial score (nSPS) is 10.1. The van der Waals surface area contributed by atoms with Gasteiger partial charge in [0.15, 0.2) is 23.1 Å². The predicted molar refractivity (Wildman–Crippen MR) is 83.7 cm³/mol. The summed E-state index contributed by atoms with van der Waals surface area (Å²) in [6.45, 7) is 0.202. The van der Waals surface area contributed by atoms with Crippen molar-refractivity contribution in [3.63, 3.8) is 0 Å². The first kappa shape index (κ1) is 16.6. The zero-order chi connectivity index (χ0) is 16.8.